The molecule has 1 aromatic heterocycles. The summed E-state index contributed by atoms with van der Waals surface area (Å²) in [4.78, 5) is 31.2. The molecule has 0 atom stereocenters. The van der Waals surface area contributed by atoms with Crippen LogP contribution in [0.15, 0.2) is 42.7 Å². The second kappa shape index (κ2) is 5.51. The maximum Gasteiger partial charge on any atom is 0.207 e. The van der Waals surface area contributed by atoms with Gasteiger partial charge < -0.3 is 0 Å². The molecule has 1 heterocycles. The number of benzene rings is 1. The minimum absolute atomic E-state index is 0.0554. The number of Topliss-reactive ketones (excluding diaryl/α,β-unsaturated/α-hetero) is 2. The molecule has 2 rings (SSSR count). The first kappa shape index (κ1) is 12.4. The molecular weight excluding hydrogens is 252 g/mol. The number of rotatable bonds is 4. The topological polar surface area (TPSA) is 59.9 Å². The molecular formula is C13H9ClN2O2. The Kier molecular flexibility index (Phi) is 3.79. The summed E-state index contributed by atoms with van der Waals surface area (Å²) in [6, 6.07) is 8.00. The zero-order chi connectivity index (χ0) is 13.0. The predicted octanol–water partition coefficient (Wildman–Crippen LogP) is 2.59. The van der Waals surface area contributed by atoms with Crippen LogP contribution in [0.2, 0.25) is 5.02 Å². The summed E-state index contributed by atoms with van der Waals surface area (Å²) in [5.74, 6) is -0.612. The molecule has 0 aliphatic heterocycles. The van der Waals surface area contributed by atoms with Crippen LogP contribution in [0.3, 0.4) is 0 Å². The van der Waals surface area contributed by atoms with Crippen LogP contribution in [-0.4, -0.2) is 21.5 Å². The van der Waals surface area contributed by atoms with E-state index in [0.29, 0.717) is 10.6 Å². The highest BCUT2D eigenvalue weighted by molar-refractivity contribution is 6.30. The average molecular weight is 261 g/mol. The lowest BCUT2D eigenvalue weighted by Gasteiger charge is -2.00. The summed E-state index contributed by atoms with van der Waals surface area (Å²) in [6.07, 6.45) is 2.69. The number of ketones is 2. The average Bonchev–Trinajstić information content (AvgIpc) is 2.40. The number of aromatic nitrogens is 2. The van der Waals surface area contributed by atoms with Gasteiger partial charge in [0.2, 0.25) is 5.78 Å². The maximum absolute atomic E-state index is 11.8. The van der Waals surface area contributed by atoms with Gasteiger partial charge in [-0.05, 0) is 30.3 Å². The van der Waals surface area contributed by atoms with E-state index in [2.05, 4.69) is 9.97 Å². The van der Waals surface area contributed by atoms with Crippen molar-refractivity contribution in [2.45, 2.75) is 6.42 Å². The van der Waals surface area contributed by atoms with Gasteiger partial charge >= 0.3 is 0 Å². The summed E-state index contributed by atoms with van der Waals surface area (Å²) in [5.41, 5.74) is 0.448. The fraction of sp³-hybridized carbons (Fsp3) is 0.0769. The van der Waals surface area contributed by atoms with Crippen LogP contribution in [0, 0.1) is 0 Å². The lowest BCUT2D eigenvalue weighted by Crippen LogP contribution is -2.11. The fourth-order valence-corrected chi connectivity index (χ4v) is 1.53. The van der Waals surface area contributed by atoms with Crippen molar-refractivity contribution < 1.29 is 9.59 Å². The number of nitrogens with zero attached hydrogens (tertiary/aromatic N) is 2. The Bertz CT molecular complexity index is 567. The van der Waals surface area contributed by atoms with Gasteiger partial charge in [0, 0.05) is 23.0 Å². The molecule has 5 heteroatoms. The van der Waals surface area contributed by atoms with Crippen LogP contribution in [0.4, 0.5) is 0 Å². The Balaban J connectivity index is 2.08. The van der Waals surface area contributed by atoms with Gasteiger partial charge in [0.25, 0.3) is 0 Å². The Labute approximate surface area is 109 Å². The highest BCUT2D eigenvalue weighted by Crippen LogP contribution is 2.12. The summed E-state index contributed by atoms with van der Waals surface area (Å²) in [5, 5.41) is 0.546. The molecule has 0 bridgehead atoms. The van der Waals surface area contributed by atoms with Crippen LogP contribution < -0.4 is 0 Å². The number of halogens is 1. The summed E-state index contributed by atoms with van der Waals surface area (Å²) in [6.45, 7) is 0. The number of carbonyl (C=O) groups is 2. The SMILES string of the molecule is O=C(CC(=O)c1ncccn1)c1ccc(Cl)cc1. The van der Waals surface area contributed by atoms with Gasteiger partial charge in [-0.2, -0.15) is 0 Å². The van der Waals surface area contributed by atoms with Crippen molar-refractivity contribution in [2.75, 3.05) is 0 Å². The molecule has 0 fully saturated rings. The van der Waals surface area contributed by atoms with Gasteiger partial charge in [0.15, 0.2) is 11.6 Å². The number of carbonyl (C=O) groups excluding carboxylic acids is 2. The van der Waals surface area contributed by atoms with Crippen molar-refractivity contribution in [1.82, 2.24) is 9.97 Å². The van der Waals surface area contributed by atoms with Crippen LogP contribution in [0.5, 0.6) is 0 Å². The van der Waals surface area contributed by atoms with Crippen molar-refractivity contribution >= 4 is 23.2 Å². The lowest BCUT2D eigenvalue weighted by atomic mass is 10.1. The molecule has 0 unspecified atom stereocenters. The Morgan fingerprint density at radius 1 is 1.00 bits per heavy atom. The summed E-state index contributed by atoms with van der Waals surface area (Å²) >= 11 is 5.72. The van der Waals surface area contributed by atoms with Crippen molar-refractivity contribution in [1.29, 1.82) is 0 Å². The Morgan fingerprint density at radius 2 is 1.61 bits per heavy atom. The Morgan fingerprint density at radius 3 is 2.22 bits per heavy atom. The normalized spacial score (nSPS) is 10.1. The quantitative estimate of drug-likeness (QED) is 0.626. The van der Waals surface area contributed by atoms with E-state index < -0.39 is 5.78 Å². The highest BCUT2D eigenvalue weighted by Gasteiger charge is 2.15. The fourth-order valence-electron chi connectivity index (χ4n) is 1.41. The number of hydrogen-bond donors (Lipinski definition) is 0. The van der Waals surface area contributed by atoms with E-state index in [1.54, 1.807) is 30.3 Å². The van der Waals surface area contributed by atoms with Crippen LogP contribution in [-0.2, 0) is 0 Å². The molecule has 0 spiro atoms. The third kappa shape index (κ3) is 2.99. The largest absolute Gasteiger partial charge is 0.294 e. The van der Waals surface area contributed by atoms with E-state index in [9.17, 15) is 9.59 Å². The minimum Gasteiger partial charge on any atom is -0.294 e. The highest BCUT2D eigenvalue weighted by atomic mass is 35.5. The van der Waals surface area contributed by atoms with Crippen LogP contribution in [0.25, 0.3) is 0 Å². The zero-order valence-corrected chi connectivity index (χ0v) is 10.1. The van der Waals surface area contributed by atoms with E-state index in [0.717, 1.165) is 0 Å². The van der Waals surface area contributed by atoms with Crippen molar-refractivity contribution in [2.24, 2.45) is 0 Å². The molecule has 0 N–H and O–H groups in total. The molecule has 0 radical (unpaired) electrons. The van der Waals surface area contributed by atoms with Gasteiger partial charge in [-0.25, -0.2) is 9.97 Å². The van der Waals surface area contributed by atoms with E-state index in [1.807, 2.05) is 0 Å². The lowest BCUT2D eigenvalue weighted by molar-refractivity contribution is 0.0888. The second-order valence-electron chi connectivity index (χ2n) is 3.60. The van der Waals surface area contributed by atoms with Crippen molar-refractivity contribution in [3.8, 4) is 0 Å². The molecule has 1 aromatic carbocycles. The van der Waals surface area contributed by atoms with E-state index >= 15 is 0 Å². The molecule has 4 nitrogen and oxygen atoms in total. The third-order valence-electron chi connectivity index (χ3n) is 2.30. The molecule has 0 saturated heterocycles. The van der Waals surface area contributed by atoms with Crippen molar-refractivity contribution in [3.05, 3.63) is 59.1 Å². The van der Waals surface area contributed by atoms with E-state index in [4.69, 9.17) is 11.6 Å². The molecule has 90 valence electrons. The van der Waals surface area contributed by atoms with Crippen LogP contribution >= 0.6 is 11.6 Å². The zero-order valence-electron chi connectivity index (χ0n) is 9.34. The smallest absolute Gasteiger partial charge is 0.207 e. The van der Waals surface area contributed by atoms with Crippen LogP contribution in [0.1, 0.15) is 27.4 Å². The minimum atomic E-state index is -0.393. The molecule has 0 saturated carbocycles. The van der Waals surface area contributed by atoms with Gasteiger partial charge in [0.1, 0.15) is 0 Å². The van der Waals surface area contributed by atoms with Crippen molar-refractivity contribution in [3.63, 3.8) is 0 Å². The summed E-state index contributed by atoms with van der Waals surface area (Å²) in [7, 11) is 0. The summed E-state index contributed by atoms with van der Waals surface area (Å²) < 4.78 is 0. The molecule has 0 amide bonds. The monoisotopic (exact) mass is 260 g/mol. The standard InChI is InChI=1S/C13H9ClN2O2/c14-10-4-2-9(3-5-10)11(17)8-12(18)13-15-6-1-7-16-13/h1-7H,8H2. The molecule has 0 aliphatic carbocycles. The number of hydrogen-bond acceptors (Lipinski definition) is 4. The van der Waals surface area contributed by atoms with Gasteiger partial charge in [-0.3, -0.25) is 9.59 Å². The first-order chi connectivity index (χ1) is 8.66. The van der Waals surface area contributed by atoms with Gasteiger partial charge in [-0.1, -0.05) is 11.6 Å². The predicted molar refractivity (Wildman–Crippen MR) is 66.8 cm³/mol. The first-order valence-corrected chi connectivity index (χ1v) is 5.63. The van der Waals surface area contributed by atoms with Gasteiger partial charge in [0.05, 0.1) is 6.42 Å². The molecule has 0 aliphatic rings. The Hall–Kier alpha value is -2.07. The maximum atomic E-state index is 11.8. The molecule has 2 aromatic rings. The second-order valence-corrected chi connectivity index (χ2v) is 4.04. The first-order valence-electron chi connectivity index (χ1n) is 5.26. The molecule has 18 heavy (non-hydrogen) atoms. The third-order valence-corrected chi connectivity index (χ3v) is 2.55. The van der Waals surface area contributed by atoms with E-state index in [-0.39, 0.29) is 18.0 Å². The van der Waals surface area contributed by atoms with E-state index in [1.165, 1.54) is 12.4 Å². The van der Waals surface area contributed by atoms with Gasteiger partial charge in [-0.15, -0.1) is 0 Å².